The molecular weight excluding hydrogens is 570 g/mol. The monoisotopic (exact) mass is 591 g/mol. The summed E-state index contributed by atoms with van der Waals surface area (Å²) in [4.78, 5) is 15.6. The molecule has 1 aliphatic heterocycles. The Morgan fingerprint density at radius 3 is 2.53 bits per heavy atom. The van der Waals surface area contributed by atoms with E-state index >= 15 is 0 Å². The van der Waals surface area contributed by atoms with Gasteiger partial charge in [-0.15, -0.1) is 0 Å². The van der Waals surface area contributed by atoms with Gasteiger partial charge >= 0.3 is 0 Å². The minimum absolute atomic E-state index is 0.0996. The van der Waals surface area contributed by atoms with E-state index in [9.17, 15) is 10.2 Å². The first-order valence-corrected chi connectivity index (χ1v) is 12.0. The molecule has 12 heteroatoms. The fraction of sp³-hybridized carbons (Fsp3) is 0.273. The minimum atomic E-state index is -0.145. The van der Waals surface area contributed by atoms with Gasteiger partial charge in [0.15, 0.2) is 0 Å². The molecule has 0 radical (unpaired) electrons. The van der Waals surface area contributed by atoms with Crippen LogP contribution in [0.5, 0.6) is 11.5 Å². The highest BCUT2D eigenvalue weighted by Gasteiger charge is 2.17. The largest absolute Gasteiger partial charge is 0.506 e. The smallest absolute Gasteiger partial charge is 0.250 e. The summed E-state index contributed by atoms with van der Waals surface area (Å²) < 4.78 is 6.02. The zero-order valence-corrected chi connectivity index (χ0v) is 21.7. The van der Waals surface area contributed by atoms with Crippen LogP contribution in [0.15, 0.2) is 38.3 Å². The number of halogens is 2. The van der Waals surface area contributed by atoms with Crippen molar-refractivity contribution < 1.29 is 14.9 Å². The van der Waals surface area contributed by atoms with Crippen molar-refractivity contribution in [3.05, 3.63) is 49.9 Å². The standard InChI is InChI=1S/C22H23Br2N7O3/c1-12-3-4-13(2)16(9-12)26-20-27-21(29-22(28-20)31-5-7-34-8-6-31)30-25-11-14-10-15(23)19(33)17(24)18(14)32/h3-4,9-11,32-33H,5-8H2,1-2H3,(H2,26,27,28,29,30)/b25-11-. The van der Waals surface area contributed by atoms with Gasteiger partial charge in [-0.3, -0.25) is 0 Å². The zero-order chi connectivity index (χ0) is 24.2. The SMILES string of the molecule is Cc1ccc(C)c(Nc2nc(N/N=C\c3cc(Br)c(O)c(Br)c3O)nc(N3CCOCC3)n2)c1. The van der Waals surface area contributed by atoms with Crippen molar-refractivity contribution in [2.24, 2.45) is 5.10 Å². The van der Waals surface area contributed by atoms with Crippen LogP contribution in [0.25, 0.3) is 0 Å². The van der Waals surface area contributed by atoms with E-state index in [0.29, 0.717) is 48.2 Å². The molecule has 0 amide bonds. The third-order valence-corrected chi connectivity index (χ3v) is 6.48. The number of benzene rings is 2. The van der Waals surface area contributed by atoms with Gasteiger partial charge in [0.05, 0.1) is 23.9 Å². The first-order valence-electron chi connectivity index (χ1n) is 10.4. The van der Waals surface area contributed by atoms with Crippen molar-refractivity contribution in [2.45, 2.75) is 13.8 Å². The van der Waals surface area contributed by atoms with E-state index in [1.54, 1.807) is 6.07 Å². The molecular formula is C22H23Br2N7O3. The summed E-state index contributed by atoms with van der Waals surface area (Å²) >= 11 is 6.40. The molecule has 4 N–H and O–H groups in total. The molecule has 0 bridgehead atoms. The molecule has 10 nitrogen and oxygen atoms in total. The highest BCUT2D eigenvalue weighted by atomic mass is 79.9. The molecule has 1 fully saturated rings. The normalized spacial score (nSPS) is 13.9. The summed E-state index contributed by atoms with van der Waals surface area (Å²) in [6, 6.07) is 7.65. The maximum absolute atomic E-state index is 10.3. The average Bonchev–Trinajstić information content (AvgIpc) is 2.83. The Hall–Kier alpha value is -2.96. The molecule has 4 rings (SSSR count). The summed E-state index contributed by atoms with van der Waals surface area (Å²) in [5, 5.41) is 27.6. The van der Waals surface area contributed by atoms with Gasteiger partial charge in [-0.2, -0.15) is 20.1 Å². The summed E-state index contributed by atoms with van der Waals surface area (Å²) in [5.41, 5.74) is 6.26. The second-order valence-electron chi connectivity index (χ2n) is 7.65. The van der Waals surface area contributed by atoms with Gasteiger partial charge in [-0.05, 0) is 69.0 Å². The van der Waals surface area contributed by atoms with Crippen molar-refractivity contribution in [3.63, 3.8) is 0 Å². The number of aromatic nitrogens is 3. The van der Waals surface area contributed by atoms with Gasteiger partial charge in [-0.25, -0.2) is 5.43 Å². The number of rotatable bonds is 6. The lowest BCUT2D eigenvalue weighted by Crippen LogP contribution is -2.37. The fourth-order valence-corrected chi connectivity index (χ4v) is 4.39. The van der Waals surface area contributed by atoms with Crippen LogP contribution in [-0.2, 0) is 4.74 Å². The minimum Gasteiger partial charge on any atom is -0.506 e. The van der Waals surface area contributed by atoms with E-state index in [1.165, 1.54) is 6.21 Å². The number of phenolic OH excluding ortho intramolecular Hbond substituents is 2. The van der Waals surface area contributed by atoms with Crippen LogP contribution in [0.3, 0.4) is 0 Å². The predicted molar refractivity (Wildman–Crippen MR) is 138 cm³/mol. The number of phenols is 2. The zero-order valence-electron chi connectivity index (χ0n) is 18.5. The quantitative estimate of drug-likeness (QED) is 0.242. The van der Waals surface area contributed by atoms with Crippen LogP contribution < -0.4 is 15.6 Å². The molecule has 2 heterocycles. The van der Waals surface area contributed by atoms with Crippen molar-refractivity contribution >= 4 is 61.6 Å². The van der Waals surface area contributed by atoms with E-state index < -0.39 is 0 Å². The van der Waals surface area contributed by atoms with Crippen LogP contribution in [0.4, 0.5) is 23.5 Å². The predicted octanol–water partition coefficient (Wildman–Crippen LogP) is 4.45. The number of aromatic hydroxyl groups is 2. The molecule has 2 aromatic carbocycles. The Morgan fingerprint density at radius 1 is 1.03 bits per heavy atom. The number of morpholine rings is 1. The number of hydrogen-bond acceptors (Lipinski definition) is 10. The van der Waals surface area contributed by atoms with Crippen LogP contribution >= 0.6 is 31.9 Å². The van der Waals surface area contributed by atoms with Crippen molar-refractivity contribution in [2.75, 3.05) is 41.9 Å². The van der Waals surface area contributed by atoms with Crippen molar-refractivity contribution in [3.8, 4) is 11.5 Å². The Bertz CT molecular complexity index is 1230. The Balaban J connectivity index is 1.62. The second-order valence-corrected chi connectivity index (χ2v) is 9.30. The van der Waals surface area contributed by atoms with Crippen molar-refractivity contribution in [1.29, 1.82) is 0 Å². The molecule has 1 saturated heterocycles. The van der Waals surface area contributed by atoms with Crippen LogP contribution in [0, 0.1) is 13.8 Å². The Morgan fingerprint density at radius 2 is 1.76 bits per heavy atom. The molecule has 178 valence electrons. The molecule has 1 aliphatic rings. The van der Waals surface area contributed by atoms with E-state index in [0.717, 1.165) is 16.8 Å². The number of ether oxygens (including phenoxy) is 1. The van der Waals surface area contributed by atoms with Gasteiger partial charge in [0.2, 0.25) is 17.8 Å². The lowest BCUT2D eigenvalue weighted by molar-refractivity contribution is 0.122. The van der Waals surface area contributed by atoms with E-state index in [-0.39, 0.29) is 21.9 Å². The highest BCUT2D eigenvalue weighted by molar-refractivity contribution is 9.11. The van der Waals surface area contributed by atoms with Gasteiger partial charge in [0.1, 0.15) is 16.0 Å². The molecule has 0 unspecified atom stereocenters. The molecule has 3 aromatic rings. The number of hydrazone groups is 1. The van der Waals surface area contributed by atoms with E-state index in [1.807, 2.05) is 36.9 Å². The van der Waals surface area contributed by atoms with Gasteiger partial charge in [-0.1, -0.05) is 12.1 Å². The molecule has 0 atom stereocenters. The Kier molecular flexibility index (Phi) is 7.49. The first-order chi connectivity index (χ1) is 16.3. The van der Waals surface area contributed by atoms with Gasteiger partial charge < -0.3 is 25.2 Å². The van der Waals surface area contributed by atoms with Crippen LogP contribution in [-0.4, -0.2) is 57.7 Å². The number of anilines is 4. The molecule has 0 spiro atoms. The Labute approximate surface area is 213 Å². The molecule has 0 saturated carbocycles. The first kappa shape index (κ1) is 24.2. The summed E-state index contributed by atoms with van der Waals surface area (Å²) in [6.45, 7) is 6.55. The number of nitrogens with one attached hydrogen (secondary N) is 2. The average molecular weight is 593 g/mol. The molecule has 34 heavy (non-hydrogen) atoms. The third-order valence-electron chi connectivity index (χ3n) is 5.12. The third kappa shape index (κ3) is 5.57. The number of hydrogen-bond donors (Lipinski definition) is 4. The summed E-state index contributed by atoms with van der Waals surface area (Å²) in [6.07, 6.45) is 1.40. The lowest BCUT2D eigenvalue weighted by atomic mass is 10.1. The van der Waals surface area contributed by atoms with Gasteiger partial charge in [0, 0.05) is 24.3 Å². The van der Waals surface area contributed by atoms with E-state index in [4.69, 9.17) is 4.74 Å². The summed E-state index contributed by atoms with van der Waals surface area (Å²) in [7, 11) is 0. The summed E-state index contributed by atoms with van der Waals surface area (Å²) in [5.74, 6) is 0.866. The molecule has 0 aliphatic carbocycles. The number of nitrogens with zero attached hydrogens (tertiary/aromatic N) is 5. The maximum Gasteiger partial charge on any atom is 0.250 e. The highest BCUT2D eigenvalue weighted by Crippen LogP contribution is 2.40. The topological polar surface area (TPSA) is 128 Å². The molecule has 1 aromatic heterocycles. The maximum atomic E-state index is 10.3. The number of aryl methyl sites for hydroxylation is 2. The lowest BCUT2D eigenvalue weighted by Gasteiger charge is -2.27. The van der Waals surface area contributed by atoms with E-state index in [2.05, 4.69) is 62.7 Å². The van der Waals surface area contributed by atoms with Crippen LogP contribution in [0.1, 0.15) is 16.7 Å². The van der Waals surface area contributed by atoms with Crippen LogP contribution in [0.2, 0.25) is 0 Å². The second kappa shape index (κ2) is 10.5. The van der Waals surface area contributed by atoms with Gasteiger partial charge in [0.25, 0.3) is 0 Å². The van der Waals surface area contributed by atoms with Crippen molar-refractivity contribution in [1.82, 2.24) is 15.0 Å². The fourth-order valence-electron chi connectivity index (χ4n) is 3.24.